The van der Waals surface area contributed by atoms with Crippen LogP contribution in [0.4, 0.5) is 26.3 Å². The third kappa shape index (κ3) is 4.42. The molecule has 1 aliphatic rings. The Bertz CT molecular complexity index is 1730. The second-order valence-corrected chi connectivity index (χ2v) is 10.5. The van der Waals surface area contributed by atoms with Gasteiger partial charge in [0, 0.05) is 17.0 Å². The molecule has 5 nitrogen and oxygen atoms in total. The number of hydrogen-bond donors (Lipinski definition) is 1. The number of benzene rings is 3. The van der Waals surface area contributed by atoms with Crippen molar-refractivity contribution in [2.75, 3.05) is 0 Å². The summed E-state index contributed by atoms with van der Waals surface area (Å²) in [5.41, 5.74) is 0.627. The smallest absolute Gasteiger partial charge is 0.339 e. The van der Waals surface area contributed by atoms with Crippen LogP contribution in [0.1, 0.15) is 42.2 Å². The fourth-order valence-electron chi connectivity index (χ4n) is 5.00. The molecule has 0 amide bonds. The van der Waals surface area contributed by atoms with E-state index in [2.05, 4.69) is 9.17 Å². The molecule has 1 N–H and O–H groups in total. The van der Waals surface area contributed by atoms with Gasteiger partial charge in [0.25, 0.3) is 0 Å². The van der Waals surface area contributed by atoms with Crippen LogP contribution in [0.3, 0.4) is 0 Å². The summed E-state index contributed by atoms with van der Waals surface area (Å²) in [4.78, 5) is 13.9. The van der Waals surface area contributed by atoms with Crippen LogP contribution in [-0.4, -0.2) is 13.4 Å². The van der Waals surface area contributed by atoms with Gasteiger partial charge >= 0.3 is 10.1 Å². The number of halogens is 6. The van der Waals surface area contributed by atoms with E-state index < -0.39 is 67.1 Å². The summed E-state index contributed by atoms with van der Waals surface area (Å²) in [6, 6.07) is 10.7. The average molecular weight is 553 g/mol. The molecule has 1 saturated carbocycles. The minimum Gasteiger partial charge on any atom is -0.372 e. The lowest BCUT2D eigenvalue weighted by molar-refractivity contribution is 0.346. The lowest BCUT2D eigenvalue weighted by Crippen LogP contribution is -2.17. The van der Waals surface area contributed by atoms with E-state index in [-0.39, 0.29) is 22.4 Å². The van der Waals surface area contributed by atoms with Crippen LogP contribution in [-0.2, 0) is 10.1 Å². The molecule has 5 rings (SSSR count). The molecule has 0 saturated heterocycles. The molecule has 1 fully saturated rings. The van der Waals surface area contributed by atoms with Crippen molar-refractivity contribution in [3.63, 3.8) is 0 Å². The minimum absolute atomic E-state index is 0.140. The van der Waals surface area contributed by atoms with Gasteiger partial charge in [-0.25, -0.2) is 17.6 Å². The zero-order valence-corrected chi connectivity index (χ0v) is 20.0. The summed E-state index contributed by atoms with van der Waals surface area (Å²) < 4.78 is 114. The molecule has 2 atom stereocenters. The van der Waals surface area contributed by atoms with E-state index in [4.69, 9.17) is 0 Å². The Hall–Kier alpha value is -3.80. The standard InChI is InChI=1S/C26H17F6NO4S/c27-15-3-1-2-12(11-15)13-4-5-14(10-13)20-16-6-9-19(34)33-17(16)7-8-18(20)38(35,36)37-26-24(31)22(29)21(28)23(30)25(26)32/h1-3,6-9,11,13-14H,4-5,10H2,(H,33,34). The Morgan fingerprint density at radius 2 is 1.45 bits per heavy atom. The topological polar surface area (TPSA) is 76.2 Å². The van der Waals surface area contributed by atoms with Gasteiger partial charge < -0.3 is 9.17 Å². The lowest BCUT2D eigenvalue weighted by atomic mass is 9.91. The number of H-pyrrole nitrogens is 1. The van der Waals surface area contributed by atoms with E-state index in [1.54, 1.807) is 12.1 Å². The number of aromatic amines is 1. The molecule has 0 aliphatic heterocycles. The molecule has 1 heterocycles. The number of hydrogen-bond acceptors (Lipinski definition) is 4. The predicted octanol–water partition coefficient (Wildman–Crippen LogP) is 6.18. The van der Waals surface area contributed by atoms with Crippen LogP contribution in [0.2, 0.25) is 0 Å². The second-order valence-electron chi connectivity index (χ2n) is 8.96. The van der Waals surface area contributed by atoms with E-state index in [1.165, 1.54) is 24.3 Å². The minimum atomic E-state index is -5.15. The summed E-state index contributed by atoms with van der Waals surface area (Å²) in [5.74, 6) is -15.1. The highest BCUT2D eigenvalue weighted by Gasteiger charge is 2.36. The molecule has 1 aromatic heterocycles. The highest BCUT2D eigenvalue weighted by molar-refractivity contribution is 7.87. The number of rotatable bonds is 5. The molecule has 3 aromatic carbocycles. The number of pyridine rings is 1. The fourth-order valence-corrected chi connectivity index (χ4v) is 6.23. The average Bonchev–Trinajstić information content (AvgIpc) is 3.38. The molecule has 0 radical (unpaired) electrons. The Kier molecular flexibility index (Phi) is 6.46. The molecular weight excluding hydrogens is 536 g/mol. The maximum absolute atomic E-state index is 14.2. The molecule has 0 bridgehead atoms. The predicted molar refractivity (Wildman–Crippen MR) is 124 cm³/mol. The van der Waals surface area contributed by atoms with Crippen molar-refractivity contribution in [3.8, 4) is 5.75 Å². The molecular formula is C26H17F6NO4S. The molecule has 4 aromatic rings. The number of nitrogens with one attached hydrogen (secondary N) is 1. The second kappa shape index (κ2) is 9.50. The van der Waals surface area contributed by atoms with Gasteiger partial charge in [0.2, 0.25) is 40.4 Å². The van der Waals surface area contributed by atoms with Crippen molar-refractivity contribution < 1.29 is 38.9 Å². The Morgan fingerprint density at radius 3 is 2.13 bits per heavy atom. The summed E-state index contributed by atoms with van der Waals surface area (Å²) in [6.45, 7) is 0. The van der Waals surface area contributed by atoms with Gasteiger partial charge in [-0.1, -0.05) is 12.1 Å². The maximum atomic E-state index is 14.2. The summed E-state index contributed by atoms with van der Waals surface area (Å²) in [7, 11) is -5.15. The summed E-state index contributed by atoms with van der Waals surface area (Å²) in [6.07, 6.45) is 1.32. The first-order valence-corrected chi connectivity index (χ1v) is 12.8. The van der Waals surface area contributed by atoms with Crippen LogP contribution in [0.5, 0.6) is 5.75 Å². The van der Waals surface area contributed by atoms with E-state index >= 15 is 0 Å². The SMILES string of the molecule is O=c1ccc2c(C3CCC(c4cccc(F)c4)C3)c(S(=O)(=O)Oc3c(F)c(F)c(F)c(F)c3F)ccc2[nH]1. The van der Waals surface area contributed by atoms with Gasteiger partial charge in [-0.3, -0.25) is 4.79 Å². The number of fused-ring (bicyclic) bond motifs is 1. The molecule has 12 heteroatoms. The third-order valence-corrected chi connectivity index (χ3v) is 7.98. The Labute approximate surface area is 211 Å². The Morgan fingerprint density at radius 1 is 0.789 bits per heavy atom. The first kappa shape index (κ1) is 25.8. The molecule has 2 unspecified atom stereocenters. The molecule has 38 heavy (non-hydrogen) atoms. The molecule has 0 spiro atoms. The van der Waals surface area contributed by atoms with E-state index in [0.29, 0.717) is 24.8 Å². The van der Waals surface area contributed by atoms with Crippen molar-refractivity contribution in [3.05, 3.63) is 105 Å². The molecule has 198 valence electrons. The van der Waals surface area contributed by atoms with Crippen LogP contribution >= 0.6 is 0 Å². The van der Waals surface area contributed by atoms with E-state index in [9.17, 15) is 39.6 Å². The van der Waals surface area contributed by atoms with Crippen LogP contribution in [0, 0.1) is 34.9 Å². The maximum Gasteiger partial charge on any atom is 0.339 e. The summed E-state index contributed by atoms with van der Waals surface area (Å²) >= 11 is 0. The van der Waals surface area contributed by atoms with Crippen LogP contribution < -0.4 is 9.74 Å². The summed E-state index contributed by atoms with van der Waals surface area (Å²) in [5, 5.41) is 0.288. The van der Waals surface area contributed by atoms with Crippen LogP contribution in [0.25, 0.3) is 10.9 Å². The van der Waals surface area contributed by atoms with Crippen molar-refractivity contribution in [2.45, 2.75) is 36.0 Å². The van der Waals surface area contributed by atoms with Gasteiger partial charge in [0.05, 0.1) is 0 Å². The van der Waals surface area contributed by atoms with Crippen molar-refractivity contribution in [2.24, 2.45) is 0 Å². The van der Waals surface area contributed by atoms with Crippen LogP contribution in [0.15, 0.2) is 58.2 Å². The van der Waals surface area contributed by atoms with Gasteiger partial charge in [-0.05, 0) is 72.6 Å². The monoisotopic (exact) mass is 553 g/mol. The normalized spacial score (nSPS) is 17.7. The highest BCUT2D eigenvalue weighted by atomic mass is 32.2. The van der Waals surface area contributed by atoms with E-state index in [0.717, 1.165) is 12.1 Å². The van der Waals surface area contributed by atoms with E-state index in [1.807, 2.05) is 0 Å². The largest absolute Gasteiger partial charge is 0.372 e. The Balaban J connectivity index is 1.63. The van der Waals surface area contributed by atoms with Gasteiger partial charge in [-0.15, -0.1) is 0 Å². The first-order valence-electron chi connectivity index (χ1n) is 11.3. The zero-order chi connectivity index (χ0) is 27.4. The van der Waals surface area contributed by atoms with Crippen molar-refractivity contribution >= 4 is 21.0 Å². The van der Waals surface area contributed by atoms with Gasteiger partial charge in [-0.2, -0.15) is 17.2 Å². The lowest BCUT2D eigenvalue weighted by Gasteiger charge is -2.19. The molecule has 1 aliphatic carbocycles. The van der Waals surface area contributed by atoms with Gasteiger partial charge in [0.15, 0.2) is 0 Å². The quantitative estimate of drug-likeness (QED) is 0.139. The van der Waals surface area contributed by atoms with Crippen molar-refractivity contribution in [1.29, 1.82) is 0 Å². The number of aromatic nitrogens is 1. The fraction of sp³-hybridized carbons (Fsp3) is 0.192. The zero-order valence-electron chi connectivity index (χ0n) is 19.2. The van der Waals surface area contributed by atoms with Gasteiger partial charge in [0.1, 0.15) is 10.7 Å². The highest BCUT2D eigenvalue weighted by Crippen LogP contribution is 2.47. The van der Waals surface area contributed by atoms with Crippen molar-refractivity contribution in [1.82, 2.24) is 4.98 Å². The first-order chi connectivity index (χ1) is 18.0. The third-order valence-electron chi connectivity index (χ3n) is 6.70.